The Morgan fingerprint density at radius 1 is 1.29 bits per heavy atom. The second-order valence-corrected chi connectivity index (χ2v) is 5.46. The highest BCUT2D eigenvalue weighted by atomic mass is 16.5. The maximum atomic E-state index is 6.16. The van der Waals surface area contributed by atoms with Gasteiger partial charge in [-0.15, -0.1) is 0 Å². The van der Waals surface area contributed by atoms with Crippen molar-refractivity contribution in [1.82, 2.24) is 0 Å². The van der Waals surface area contributed by atoms with Crippen LogP contribution in [0.25, 0.3) is 0 Å². The van der Waals surface area contributed by atoms with Gasteiger partial charge in [0.2, 0.25) is 0 Å². The Balaban J connectivity index is 1.69. The number of ether oxygens (including phenoxy) is 1. The molecule has 1 aromatic rings. The first-order chi connectivity index (χ1) is 8.33. The molecule has 2 aliphatic rings. The Morgan fingerprint density at radius 3 is 2.94 bits per heavy atom. The summed E-state index contributed by atoms with van der Waals surface area (Å²) in [6, 6.07) is 6.31. The second-order valence-electron chi connectivity index (χ2n) is 5.46. The van der Waals surface area contributed by atoms with Crippen LogP contribution in [0.4, 0.5) is 5.69 Å². The lowest BCUT2D eigenvalue weighted by Gasteiger charge is -2.30. The molecule has 2 nitrogen and oxygen atoms in total. The van der Waals surface area contributed by atoms with E-state index in [4.69, 9.17) is 4.74 Å². The SMILES string of the molecule is Cc1cccc2c1OC(CC1CCCC1)CN2. The minimum Gasteiger partial charge on any atom is -0.486 e. The van der Waals surface area contributed by atoms with Gasteiger partial charge in [-0.05, 0) is 30.9 Å². The van der Waals surface area contributed by atoms with E-state index in [2.05, 4.69) is 30.4 Å². The van der Waals surface area contributed by atoms with Crippen molar-refractivity contribution in [3.63, 3.8) is 0 Å². The molecule has 0 saturated heterocycles. The van der Waals surface area contributed by atoms with Gasteiger partial charge in [-0.3, -0.25) is 0 Å². The molecule has 92 valence electrons. The molecule has 0 aromatic heterocycles. The molecule has 1 heterocycles. The molecule has 0 bridgehead atoms. The van der Waals surface area contributed by atoms with Gasteiger partial charge in [-0.25, -0.2) is 0 Å². The molecule has 17 heavy (non-hydrogen) atoms. The fraction of sp³-hybridized carbons (Fsp3) is 0.600. The van der Waals surface area contributed by atoms with Crippen molar-refractivity contribution in [2.24, 2.45) is 5.92 Å². The highest BCUT2D eigenvalue weighted by molar-refractivity contribution is 5.61. The average Bonchev–Trinajstić information content (AvgIpc) is 2.83. The number of para-hydroxylation sites is 1. The molecule has 1 aromatic carbocycles. The van der Waals surface area contributed by atoms with Gasteiger partial charge in [0.1, 0.15) is 11.9 Å². The fourth-order valence-corrected chi connectivity index (χ4v) is 3.13. The number of fused-ring (bicyclic) bond motifs is 1. The lowest BCUT2D eigenvalue weighted by atomic mass is 9.99. The molecule has 1 aliphatic heterocycles. The predicted molar refractivity (Wildman–Crippen MR) is 70.7 cm³/mol. The molecule has 3 rings (SSSR count). The lowest BCUT2D eigenvalue weighted by Crippen LogP contribution is -2.32. The van der Waals surface area contributed by atoms with E-state index in [1.165, 1.54) is 37.7 Å². The minimum absolute atomic E-state index is 0.367. The Kier molecular flexibility index (Phi) is 2.96. The van der Waals surface area contributed by atoms with E-state index >= 15 is 0 Å². The van der Waals surface area contributed by atoms with E-state index in [1.54, 1.807) is 0 Å². The van der Waals surface area contributed by atoms with Gasteiger partial charge < -0.3 is 10.1 Å². The monoisotopic (exact) mass is 231 g/mol. The number of benzene rings is 1. The largest absolute Gasteiger partial charge is 0.486 e. The summed E-state index contributed by atoms with van der Waals surface area (Å²) >= 11 is 0. The first kappa shape index (κ1) is 10.9. The Hall–Kier alpha value is -1.18. The summed E-state index contributed by atoms with van der Waals surface area (Å²) < 4.78 is 6.16. The number of nitrogens with one attached hydrogen (secondary N) is 1. The van der Waals surface area contributed by atoms with E-state index in [0.717, 1.165) is 23.9 Å². The third kappa shape index (κ3) is 2.26. The fourth-order valence-electron chi connectivity index (χ4n) is 3.13. The van der Waals surface area contributed by atoms with Gasteiger partial charge in [0.15, 0.2) is 0 Å². The second kappa shape index (κ2) is 4.59. The van der Waals surface area contributed by atoms with Crippen LogP contribution in [0.1, 0.15) is 37.7 Å². The molecule has 1 fully saturated rings. The lowest BCUT2D eigenvalue weighted by molar-refractivity contribution is 0.171. The van der Waals surface area contributed by atoms with Crippen molar-refractivity contribution >= 4 is 5.69 Å². The molecule has 1 unspecified atom stereocenters. The van der Waals surface area contributed by atoms with Gasteiger partial charge in [0.25, 0.3) is 0 Å². The zero-order valence-corrected chi connectivity index (χ0v) is 10.5. The molecule has 0 radical (unpaired) electrons. The Morgan fingerprint density at radius 2 is 2.12 bits per heavy atom. The number of hydrogen-bond donors (Lipinski definition) is 1. The van der Waals surface area contributed by atoms with E-state index in [9.17, 15) is 0 Å². The minimum atomic E-state index is 0.367. The summed E-state index contributed by atoms with van der Waals surface area (Å²) in [6.45, 7) is 3.09. The zero-order chi connectivity index (χ0) is 11.7. The zero-order valence-electron chi connectivity index (χ0n) is 10.5. The molecule has 1 N–H and O–H groups in total. The van der Waals surface area contributed by atoms with Crippen molar-refractivity contribution in [2.75, 3.05) is 11.9 Å². The van der Waals surface area contributed by atoms with E-state index in [0.29, 0.717) is 6.10 Å². The molecule has 1 saturated carbocycles. The van der Waals surface area contributed by atoms with Gasteiger partial charge in [-0.2, -0.15) is 0 Å². The van der Waals surface area contributed by atoms with Crippen LogP contribution in [-0.2, 0) is 0 Å². The first-order valence-electron chi connectivity index (χ1n) is 6.83. The van der Waals surface area contributed by atoms with E-state index in [-0.39, 0.29) is 0 Å². The average molecular weight is 231 g/mol. The summed E-state index contributed by atoms with van der Waals surface area (Å²) in [5.74, 6) is 1.97. The summed E-state index contributed by atoms with van der Waals surface area (Å²) in [7, 11) is 0. The smallest absolute Gasteiger partial charge is 0.145 e. The normalized spacial score (nSPS) is 23.9. The molecule has 1 atom stereocenters. The third-order valence-electron chi connectivity index (χ3n) is 4.09. The number of rotatable bonds is 2. The van der Waals surface area contributed by atoms with Gasteiger partial charge >= 0.3 is 0 Å². The van der Waals surface area contributed by atoms with Gasteiger partial charge in [-0.1, -0.05) is 37.8 Å². The standard InChI is InChI=1S/C15H21NO/c1-11-5-4-8-14-15(11)17-13(10-16-14)9-12-6-2-3-7-12/h4-5,8,12-13,16H,2-3,6-7,9-10H2,1H3. The topological polar surface area (TPSA) is 21.3 Å². The van der Waals surface area contributed by atoms with Gasteiger partial charge in [0, 0.05) is 0 Å². The van der Waals surface area contributed by atoms with E-state index < -0.39 is 0 Å². The molecular formula is C15H21NO. The Bertz CT molecular complexity index is 396. The van der Waals surface area contributed by atoms with E-state index in [1.807, 2.05) is 0 Å². The summed E-state index contributed by atoms with van der Waals surface area (Å²) in [5, 5.41) is 3.50. The van der Waals surface area contributed by atoms with Crippen LogP contribution in [0, 0.1) is 12.8 Å². The number of anilines is 1. The van der Waals surface area contributed by atoms with Crippen molar-refractivity contribution in [1.29, 1.82) is 0 Å². The van der Waals surface area contributed by atoms with Crippen LogP contribution in [0.3, 0.4) is 0 Å². The summed E-state index contributed by atoms with van der Waals surface area (Å²) in [5.41, 5.74) is 2.40. The summed E-state index contributed by atoms with van der Waals surface area (Å²) in [6.07, 6.45) is 7.23. The number of aryl methyl sites for hydroxylation is 1. The summed E-state index contributed by atoms with van der Waals surface area (Å²) in [4.78, 5) is 0. The van der Waals surface area contributed by atoms with Gasteiger partial charge in [0.05, 0.1) is 12.2 Å². The highest BCUT2D eigenvalue weighted by Gasteiger charge is 2.25. The molecule has 2 heteroatoms. The number of hydrogen-bond acceptors (Lipinski definition) is 2. The molecular weight excluding hydrogens is 210 g/mol. The van der Waals surface area contributed by atoms with Crippen molar-refractivity contribution in [3.05, 3.63) is 23.8 Å². The van der Waals surface area contributed by atoms with Crippen LogP contribution >= 0.6 is 0 Å². The highest BCUT2D eigenvalue weighted by Crippen LogP contribution is 2.35. The maximum Gasteiger partial charge on any atom is 0.145 e. The predicted octanol–water partition coefficient (Wildman–Crippen LogP) is 3.75. The Labute approximate surface area is 103 Å². The van der Waals surface area contributed by atoms with Crippen LogP contribution in [0.2, 0.25) is 0 Å². The van der Waals surface area contributed by atoms with Crippen molar-refractivity contribution in [2.45, 2.75) is 45.1 Å². The first-order valence-corrected chi connectivity index (χ1v) is 6.83. The molecule has 0 amide bonds. The van der Waals surface area contributed by atoms with Crippen LogP contribution < -0.4 is 10.1 Å². The van der Waals surface area contributed by atoms with Crippen molar-refractivity contribution < 1.29 is 4.74 Å². The maximum absolute atomic E-state index is 6.16. The van der Waals surface area contributed by atoms with Crippen LogP contribution in [0.15, 0.2) is 18.2 Å². The van der Waals surface area contributed by atoms with Crippen molar-refractivity contribution in [3.8, 4) is 5.75 Å². The van der Waals surface area contributed by atoms with Crippen LogP contribution in [-0.4, -0.2) is 12.6 Å². The molecule has 0 spiro atoms. The quantitative estimate of drug-likeness (QED) is 0.837. The van der Waals surface area contributed by atoms with Crippen LogP contribution in [0.5, 0.6) is 5.75 Å². The molecule has 1 aliphatic carbocycles. The third-order valence-corrected chi connectivity index (χ3v) is 4.09.